The lowest BCUT2D eigenvalue weighted by Gasteiger charge is -2.09. The summed E-state index contributed by atoms with van der Waals surface area (Å²) in [5.41, 5.74) is 0.561. The van der Waals surface area contributed by atoms with Crippen molar-refractivity contribution in [2.75, 3.05) is 24.7 Å². The van der Waals surface area contributed by atoms with Crippen molar-refractivity contribution in [3.63, 3.8) is 0 Å². The fraction of sp³-hybridized carbons (Fsp3) is 0.417. The molecule has 0 fully saturated rings. The van der Waals surface area contributed by atoms with Gasteiger partial charge in [-0.25, -0.2) is 0 Å². The molecule has 0 saturated carbocycles. The quantitative estimate of drug-likeness (QED) is 0.562. The lowest BCUT2D eigenvalue weighted by Crippen LogP contribution is -2.04. The van der Waals surface area contributed by atoms with Crippen LogP contribution < -0.4 is 4.74 Å². The average Bonchev–Trinajstić information content (AvgIpc) is 2.34. The molecule has 94 valence electrons. The Kier molecular flexibility index (Phi) is 7.00. The number of ether oxygens (including phenoxy) is 1. The van der Waals surface area contributed by atoms with Crippen LogP contribution in [0.4, 0.5) is 0 Å². The molecule has 1 aromatic carbocycles. The van der Waals surface area contributed by atoms with Crippen LogP contribution >= 0.6 is 24.0 Å². The van der Waals surface area contributed by atoms with Crippen molar-refractivity contribution in [1.82, 2.24) is 0 Å². The van der Waals surface area contributed by atoms with E-state index < -0.39 is 0 Å². The molecule has 0 bridgehead atoms. The van der Waals surface area contributed by atoms with Crippen molar-refractivity contribution in [3.05, 3.63) is 29.8 Å². The molecule has 5 heteroatoms. The second-order valence-electron chi connectivity index (χ2n) is 3.34. The van der Waals surface area contributed by atoms with E-state index in [0.717, 1.165) is 17.9 Å². The molecule has 0 saturated heterocycles. The predicted molar refractivity (Wildman–Crippen MR) is 75.3 cm³/mol. The summed E-state index contributed by atoms with van der Waals surface area (Å²) >= 11 is 6.42. The van der Waals surface area contributed by atoms with Crippen molar-refractivity contribution in [3.8, 4) is 5.75 Å². The van der Waals surface area contributed by atoms with Crippen molar-refractivity contribution in [2.24, 2.45) is 0 Å². The van der Waals surface area contributed by atoms with E-state index in [4.69, 9.17) is 22.1 Å². The van der Waals surface area contributed by atoms with Gasteiger partial charge in [-0.2, -0.15) is 11.8 Å². The first kappa shape index (κ1) is 14.3. The first-order chi connectivity index (χ1) is 8.25. The largest absolute Gasteiger partial charge is 0.498 e. The molecule has 0 radical (unpaired) electrons. The molecular weight excluding hydrogens is 256 g/mol. The number of hydrogen-bond acceptors (Lipinski definition) is 4. The molecule has 0 atom stereocenters. The van der Waals surface area contributed by atoms with Crippen LogP contribution in [0.2, 0.25) is 0 Å². The zero-order chi connectivity index (χ0) is 12.5. The molecule has 0 heterocycles. The molecular formula is C12H16O3S2. The van der Waals surface area contributed by atoms with Gasteiger partial charge in [-0.05, 0) is 36.5 Å². The Hall–Kier alpha value is -0.780. The molecule has 0 spiro atoms. The maximum absolute atomic E-state index is 9.30. The Bertz CT molecular complexity index is 355. The fourth-order valence-corrected chi connectivity index (χ4v) is 2.10. The number of thioether (sulfide) groups is 1. The third-order valence-electron chi connectivity index (χ3n) is 2.04. The summed E-state index contributed by atoms with van der Waals surface area (Å²) in [5.74, 6) is 2.33. The van der Waals surface area contributed by atoms with E-state index in [1.807, 2.05) is 12.1 Å². The predicted octanol–water partition coefficient (Wildman–Crippen LogP) is 2.41. The minimum absolute atomic E-state index is 0.143. The maximum atomic E-state index is 9.30. The number of hydrogen-bond donors (Lipinski definition) is 2. The van der Waals surface area contributed by atoms with Crippen molar-refractivity contribution in [2.45, 2.75) is 6.42 Å². The number of benzene rings is 1. The van der Waals surface area contributed by atoms with Gasteiger partial charge in [-0.1, -0.05) is 12.1 Å². The highest BCUT2D eigenvalue weighted by molar-refractivity contribution is 7.99. The second kappa shape index (κ2) is 8.33. The molecule has 3 nitrogen and oxygen atoms in total. The van der Waals surface area contributed by atoms with Gasteiger partial charge in [0.25, 0.3) is 0 Å². The lowest BCUT2D eigenvalue weighted by atomic mass is 10.2. The molecule has 0 unspecified atom stereocenters. The molecule has 1 rings (SSSR count). The molecule has 0 aliphatic heterocycles. The monoisotopic (exact) mass is 272 g/mol. The van der Waals surface area contributed by atoms with Gasteiger partial charge in [0.2, 0.25) is 0 Å². The van der Waals surface area contributed by atoms with Gasteiger partial charge in [0.05, 0.1) is 18.8 Å². The smallest absolute Gasteiger partial charge is 0.192 e. The van der Waals surface area contributed by atoms with E-state index in [9.17, 15) is 5.11 Å². The van der Waals surface area contributed by atoms with Crippen molar-refractivity contribution < 1.29 is 14.9 Å². The number of thiocarbonyl (C=S) groups is 1. The molecule has 2 N–H and O–H groups in total. The summed E-state index contributed by atoms with van der Waals surface area (Å²) in [4.78, 5) is 0. The van der Waals surface area contributed by atoms with E-state index in [-0.39, 0.29) is 11.7 Å². The minimum atomic E-state index is -0.143. The van der Waals surface area contributed by atoms with Gasteiger partial charge in [0, 0.05) is 5.75 Å². The van der Waals surface area contributed by atoms with Crippen LogP contribution in [0.5, 0.6) is 5.75 Å². The van der Waals surface area contributed by atoms with Crippen molar-refractivity contribution >= 4 is 29.0 Å². The van der Waals surface area contributed by atoms with Gasteiger partial charge in [-0.3, -0.25) is 0 Å². The number of rotatable bonds is 8. The van der Waals surface area contributed by atoms with Crippen LogP contribution in [0.25, 0.3) is 0 Å². The normalized spacial score (nSPS) is 10.2. The summed E-state index contributed by atoms with van der Waals surface area (Å²) in [5, 5.41) is 17.8. The van der Waals surface area contributed by atoms with E-state index in [0.29, 0.717) is 17.9 Å². The SMILES string of the molecule is OCCSCCCOc1ccccc1C(O)=S. The molecule has 1 aromatic rings. The number of para-hydroxylation sites is 1. The minimum Gasteiger partial charge on any atom is -0.498 e. The van der Waals surface area contributed by atoms with E-state index in [1.165, 1.54) is 0 Å². The first-order valence-corrected chi connectivity index (χ1v) is 6.95. The highest BCUT2D eigenvalue weighted by Crippen LogP contribution is 2.18. The van der Waals surface area contributed by atoms with Gasteiger partial charge in [0.1, 0.15) is 5.75 Å². The van der Waals surface area contributed by atoms with Gasteiger partial charge in [0.15, 0.2) is 5.05 Å². The lowest BCUT2D eigenvalue weighted by molar-refractivity contribution is 0.316. The summed E-state index contributed by atoms with van der Waals surface area (Å²) in [6.45, 7) is 0.797. The Morgan fingerprint density at radius 2 is 2.06 bits per heavy atom. The van der Waals surface area contributed by atoms with E-state index >= 15 is 0 Å². The van der Waals surface area contributed by atoms with E-state index in [1.54, 1.807) is 23.9 Å². The van der Waals surface area contributed by atoms with Crippen LogP contribution in [0, 0.1) is 0 Å². The molecule has 17 heavy (non-hydrogen) atoms. The fourth-order valence-electron chi connectivity index (χ4n) is 1.28. The number of aliphatic hydroxyl groups excluding tert-OH is 2. The van der Waals surface area contributed by atoms with Crippen molar-refractivity contribution in [1.29, 1.82) is 0 Å². The summed E-state index contributed by atoms with van der Waals surface area (Å²) < 4.78 is 5.56. The highest BCUT2D eigenvalue weighted by atomic mass is 32.2. The second-order valence-corrected chi connectivity index (χ2v) is 4.95. The van der Waals surface area contributed by atoms with Crippen LogP contribution in [0.15, 0.2) is 24.3 Å². The molecule has 0 aromatic heterocycles. The topological polar surface area (TPSA) is 49.7 Å². The Labute approximate surface area is 111 Å². The van der Waals surface area contributed by atoms with E-state index in [2.05, 4.69) is 0 Å². The maximum Gasteiger partial charge on any atom is 0.192 e. The Morgan fingerprint density at radius 1 is 1.29 bits per heavy atom. The summed E-state index contributed by atoms with van der Waals surface area (Å²) in [7, 11) is 0. The highest BCUT2D eigenvalue weighted by Gasteiger charge is 2.06. The van der Waals surface area contributed by atoms with Crippen LogP contribution in [0.3, 0.4) is 0 Å². The third-order valence-corrected chi connectivity index (χ3v) is 3.31. The van der Waals surface area contributed by atoms with Gasteiger partial charge in [-0.15, -0.1) is 0 Å². The standard InChI is InChI=1S/C12H16O3S2/c13-6-9-17-8-3-7-15-11-5-2-1-4-10(11)12(14)16/h1-2,4-5,13H,3,6-9H2,(H,14,16). The summed E-state index contributed by atoms with van der Waals surface area (Å²) in [6.07, 6.45) is 0.900. The average molecular weight is 272 g/mol. The Morgan fingerprint density at radius 3 is 2.76 bits per heavy atom. The molecule has 0 amide bonds. The molecule has 0 aliphatic rings. The van der Waals surface area contributed by atoms with Crippen LogP contribution in [0.1, 0.15) is 12.0 Å². The van der Waals surface area contributed by atoms with Gasteiger partial charge >= 0.3 is 0 Å². The zero-order valence-corrected chi connectivity index (χ0v) is 11.1. The first-order valence-electron chi connectivity index (χ1n) is 5.39. The van der Waals surface area contributed by atoms with Crippen LogP contribution in [-0.2, 0) is 0 Å². The Balaban J connectivity index is 2.34. The number of aliphatic hydroxyl groups is 2. The third kappa shape index (κ3) is 5.39. The molecule has 0 aliphatic carbocycles. The van der Waals surface area contributed by atoms with Crippen LogP contribution in [-0.4, -0.2) is 40.0 Å². The zero-order valence-electron chi connectivity index (χ0n) is 9.46. The summed E-state index contributed by atoms with van der Waals surface area (Å²) in [6, 6.07) is 7.18. The van der Waals surface area contributed by atoms with Gasteiger partial charge < -0.3 is 14.9 Å².